The molecule has 0 atom stereocenters. The lowest BCUT2D eigenvalue weighted by atomic mass is 10.1. The summed E-state index contributed by atoms with van der Waals surface area (Å²) in [5.74, 6) is -0.713. The molecule has 0 radical (unpaired) electrons. The van der Waals surface area contributed by atoms with E-state index in [2.05, 4.69) is 10.4 Å². The van der Waals surface area contributed by atoms with Crippen molar-refractivity contribution in [2.75, 3.05) is 5.32 Å². The average Bonchev–Trinajstić information content (AvgIpc) is 3.17. The zero-order valence-electron chi connectivity index (χ0n) is 15.9. The number of carbonyl (C=O) groups is 1. The van der Waals surface area contributed by atoms with Crippen LogP contribution in [0.2, 0.25) is 5.02 Å². The largest absolute Gasteiger partial charge is 0.417 e. The van der Waals surface area contributed by atoms with Crippen LogP contribution in [-0.4, -0.2) is 15.7 Å². The van der Waals surface area contributed by atoms with Gasteiger partial charge in [0.2, 0.25) is 0 Å². The number of anilines is 1. The molecule has 0 fully saturated rings. The maximum absolute atomic E-state index is 13.4. The van der Waals surface area contributed by atoms with Gasteiger partial charge in [0.1, 0.15) is 5.82 Å². The molecule has 3 aromatic carbocycles. The quantitative estimate of drug-likeness (QED) is 0.395. The molecule has 4 rings (SSSR count). The molecule has 0 aliphatic heterocycles. The summed E-state index contributed by atoms with van der Waals surface area (Å²) >= 11 is 6.30. The van der Waals surface area contributed by atoms with Gasteiger partial charge in [-0.05, 0) is 24.3 Å². The number of hydrogen-bond donors (Lipinski definition) is 1. The van der Waals surface area contributed by atoms with Gasteiger partial charge in [0.15, 0.2) is 0 Å². The van der Waals surface area contributed by atoms with Gasteiger partial charge in [0.25, 0.3) is 5.91 Å². The summed E-state index contributed by atoms with van der Waals surface area (Å²) in [6.45, 7) is 0. The molecular formula is C23H15ClF3N3O. The van der Waals surface area contributed by atoms with E-state index in [1.165, 1.54) is 16.8 Å². The van der Waals surface area contributed by atoms with E-state index >= 15 is 0 Å². The van der Waals surface area contributed by atoms with E-state index in [1.54, 1.807) is 30.3 Å². The van der Waals surface area contributed by atoms with Gasteiger partial charge in [-0.25, -0.2) is 4.68 Å². The van der Waals surface area contributed by atoms with Crippen molar-refractivity contribution in [2.24, 2.45) is 0 Å². The lowest BCUT2D eigenvalue weighted by Gasteiger charge is -2.14. The highest BCUT2D eigenvalue weighted by Crippen LogP contribution is 2.33. The molecule has 31 heavy (non-hydrogen) atoms. The normalized spacial score (nSPS) is 11.4. The molecule has 0 spiro atoms. The summed E-state index contributed by atoms with van der Waals surface area (Å²) in [4.78, 5) is 12.8. The molecule has 156 valence electrons. The van der Waals surface area contributed by atoms with Crippen molar-refractivity contribution in [3.8, 4) is 16.9 Å². The van der Waals surface area contributed by atoms with Gasteiger partial charge in [-0.15, -0.1) is 0 Å². The number of benzene rings is 3. The van der Waals surface area contributed by atoms with Crippen LogP contribution in [0.1, 0.15) is 15.9 Å². The molecule has 1 heterocycles. The third kappa shape index (κ3) is 4.32. The predicted octanol–water partition coefficient (Wildman–Crippen LogP) is 6.46. The number of halogens is 4. The van der Waals surface area contributed by atoms with Crippen LogP contribution < -0.4 is 5.32 Å². The predicted molar refractivity (Wildman–Crippen MR) is 113 cm³/mol. The Labute approximate surface area is 180 Å². The second-order valence-corrected chi connectivity index (χ2v) is 7.05. The van der Waals surface area contributed by atoms with Crippen LogP contribution >= 0.6 is 11.6 Å². The first-order chi connectivity index (χ1) is 14.8. The Morgan fingerprint density at radius 2 is 1.55 bits per heavy atom. The molecule has 4 nitrogen and oxygen atoms in total. The molecule has 0 saturated heterocycles. The molecule has 1 amide bonds. The van der Waals surface area contributed by atoms with Crippen LogP contribution in [0, 0.1) is 0 Å². The Bertz CT molecular complexity index is 1240. The summed E-state index contributed by atoms with van der Waals surface area (Å²) in [6, 6.07) is 22.2. The van der Waals surface area contributed by atoms with Crippen LogP contribution in [0.4, 0.5) is 19.0 Å². The van der Waals surface area contributed by atoms with E-state index in [0.717, 1.165) is 17.7 Å². The fourth-order valence-corrected chi connectivity index (χ4v) is 3.36. The second-order valence-electron chi connectivity index (χ2n) is 6.64. The minimum absolute atomic E-state index is 0.189. The van der Waals surface area contributed by atoms with E-state index < -0.39 is 23.2 Å². The Balaban J connectivity index is 1.79. The van der Waals surface area contributed by atoms with Crippen molar-refractivity contribution in [3.05, 3.63) is 101 Å². The number of rotatable bonds is 4. The molecule has 0 bridgehead atoms. The first-order valence-corrected chi connectivity index (χ1v) is 9.60. The van der Waals surface area contributed by atoms with Crippen molar-refractivity contribution in [1.82, 2.24) is 9.78 Å². The van der Waals surface area contributed by atoms with Crippen molar-refractivity contribution in [2.45, 2.75) is 6.18 Å². The summed E-state index contributed by atoms with van der Waals surface area (Å²) in [6.07, 6.45) is -4.66. The van der Waals surface area contributed by atoms with Gasteiger partial charge in [-0.1, -0.05) is 66.2 Å². The standard InChI is InChI=1S/C23H15ClF3N3O/c24-18-12-6-7-13-20(18)30-21(14-19(29-30)15-8-2-1-3-9-15)28-22(31)16-10-4-5-11-17(16)23(25,26)27/h1-14H,(H,28,31). The summed E-state index contributed by atoms with van der Waals surface area (Å²) in [5, 5.41) is 7.45. The van der Waals surface area contributed by atoms with E-state index in [-0.39, 0.29) is 5.82 Å². The average molecular weight is 442 g/mol. The number of hydrogen-bond acceptors (Lipinski definition) is 2. The van der Waals surface area contributed by atoms with Crippen LogP contribution in [0.15, 0.2) is 84.9 Å². The number of nitrogens with one attached hydrogen (secondary N) is 1. The third-order valence-corrected chi connectivity index (χ3v) is 4.90. The Kier molecular flexibility index (Phi) is 5.52. The molecular weight excluding hydrogens is 427 g/mol. The maximum atomic E-state index is 13.4. The number of carbonyl (C=O) groups excluding carboxylic acids is 1. The fraction of sp³-hybridized carbons (Fsp3) is 0.0435. The first kappa shape index (κ1) is 20.7. The van der Waals surface area contributed by atoms with Crippen molar-refractivity contribution in [3.63, 3.8) is 0 Å². The van der Waals surface area contributed by atoms with Crippen molar-refractivity contribution >= 4 is 23.3 Å². The van der Waals surface area contributed by atoms with Gasteiger partial charge in [-0.2, -0.15) is 18.3 Å². The van der Waals surface area contributed by atoms with E-state index in [0.29, 0.717) is 16.4 Å². The third-order valence-electron chi connectivity index (χ3n) is 4.58. The Hall–Kier alpha value is -3.58. The van der Waals surface area contributed by atoms with Crippen LogP contribution in [-0.2, 0) is 6.18 Å². The van der Waals surface area contributed by atoms with E-state index in [1.807, 2.05) is 30.3 Å². The molecule has 0 aliphatic carbocycles. The number of aromatic nitrogens is 2. The van der Waals surface area contributed by atoms with Crippen LogP contribution in [0.3, 0.4) is 0 Å². The topological polar surface area (TPSA) is 46.9 Å². The lowest BCUT2D eigenvalue weighted by molar-refractivity contribution is -0.137. The van der Waals surface area contributed by atoms with Gasteiger partial charge < -0.3 is 5.32 Å². The number of nitrogens with zero attached hydrogens (tertiary/aromatic N) is 2. The van der Waals surface area contributed by atoms with Crippen molar-refractivity contribution < 1.29 is 18.0 Å². The summed E-state index contributed by atoms with van der Waals surface area (Å²) in [7, 11) is 0. The van der Waals surface area contributed by atoms with Gasteiger partial charge in [0, 0.05) is 11.6 Å². The maximum Gasteiger partial charge on any atom is 0.417 e. The monoisotopic (exact) mass is 441 g/mol. The number of para-hydroxylation sites is 1. The smallest absolute Gasteiger partial charge is 0.306 e. The Morgan fingerprint density at radius 3 is 2.26 bits per heavy atom. The zero-order valence-corrected chi connectivity index (χ0v) is 16.7. The zero-order chi connectivity index (χ0) is 22.0. The van der Waals surface area contributed by atoms with Crippen LogP contribution in [0.5, 0.6) is 0 Å². The van der Waals surface area contributed by atoms with Gasteiger partial charge >= 0.3 is 6.18 Å². The molecule has 1 N–H and O–H groups in total. The molecule has 4 aromatic rings. The highest BCUT2D eigenvalue weighted by atomic mass is 35.5. The summed E-state index contributed by atoms with van der Waals surface area (Å²) < 4.78 is 41.5. The molecule has 0 unspecified atom stereocenters. The highest BCUT2D eigenvalue weighted by Gasteiger charge is 2.35. The SMILES string of the molecule is O=C(Nc1cc(-c2ccccc2)nn1-c1ccccc1Cl)c1ccccc1C(F)(F)F. The van der Waals surface area contributed by atoms with E-state index in [9.17, 15) is 18.0 Å². The molecule has 0 saturated carbocycles. The van der Waals surface area contributed by atoms with Gasteiger partial charge in [-0.3, -0.25) is 4.79 Å². The number of amides is 1. The lowest BCUT2D eigenvalue weighted by Crippen LogP contribution is -2.20. The molecule has 1 aromatic heterocycles. The minimum Gasteiger partial charge on any atom is -0.306 e. The summed E-state index contributed by atoms with van der Waals surface area (Å²) in [5.41, 5.74) is 0.285. The van der Waals surface area contributed by atoms with Crippen molar-refractivity contribution in [1.29, 1.82) is 0 Å². The first-order valence-electron chi connectivity index (χ1n) is 9.22. The molecule has 8 heteroatoms. The van der Waals surface area contributed by atoms with E-state index in [4.69, 9.17) is 11.6 Å². The Morgan fingerprint density at radius 1 is 0.903 bits per heavy atom. The molecule has 0 aliphatic rings. The minimum atomic E-state index is -4.66. The fourth-order valence-electron chi connectivity index (χ4n) is 3.14. The van der Waals surface area contributed by atoms with Gasteiger partial charge in [0.05, 0.1) is 27.5 Å². The number of alkyl halides is 3. The van der Waals surface area contributed by atoms with Crippen LogP contribution in [0.25, 0.3) is 16.9 Å². The highest BCUT2D eigenvalue weighted by molar-refractivity contribution is 6.32. The second kappa shape index (κ2) is 8.28.